The Morgan fingerprint density at radius 3 is 1.22 bits per heavy atom. The molecule has 0 bridgehead atoms. The van der Waals surface area contributed by atoms with Gasteiger partial charge in [0.2, 0.25) is 0 Å². The van der Waals surface area contributed by atoms with Crippen molar-refractivity contribution in [1.82, 2.24) is 0 Å². The molecule has 1 aromatic carbocycles. The summed E-state index contributed by atoms with van der Waals surface area (Å²) in [6.45, 7) is 4.19. The molecule has 1 rings (SSSR count). The van der Waals surface area contributed by atoms with Crippen molar-refractivity contribution in [2.45, 2.75) is 13.8 Å². The maximum Gasteiger partial charge on any atom is 0 e. The summed E-state index contributed by atoms with van der Waals surface area (Å²) < 4.78 is 0. The number of hydrogen-bond acceptors (Lipinski definition) is 0. The van der Waals surface area contributed by atoms with Gasteiger partial charge in [0.05, 0.1) is 0 Å². The topological polar surface area (TPSA) is 0 Å². The molecule has 0 fully saturated rings. The van der Waals surface area contributed by atoms with Gasteiger partial charge in [0.15, 0.2) is 0 Å². The summed E-state index contributed by atoms with van der Waals surface area (Å²) in [5.41, 5.74) is 2.66. The molecule has 0 amide bonds. The van der Waals surface area contributed by atoms with Gasteiger partial charge in [0, 0.05) is 17.1 Å². The Morgan fingerprint density at radius 2 is 1.00 bits per heavy atom. The minimum Gasteiger partial charge on any atom is -0.0591 e. The van der Waals surface area contributed by atoms with E-state index in [0.29, 0.717) is 0 Å². The normalized spacial score (nSPS) is 8.22. The summed E-state index contributed by atoms with van der Waals surface area (Å²) in [5, 5.41) is 0. The number of aryl methyl sites for hydroxylation is 2. The van der Waals surface area contributed by atoms with Gasteiger partial charge in [-0.3, -0.25) is 0 Å². The van der Waals surface area contributed by atoms with Gasteiger partial charge in [-0.05, 0) is 13.8 Å². The van der Waals surface area contributed by atoms with Gasteiger partial charge in [-0.25, -0.2) is 0 Å². The van der Waals surface area contributed by atoms with E-state index in [0.717, 1.165) is 0 Å². The van der Waals surface area contributed by atoms with Crippen LogP contribution >= 0.6 is 0 Å². The van der Waals surface area contributed by atoms with Crippen molar-refractivity contribution in [3.05, 3.63) is 35.4 Å². The van der Waals surface area contributed by atoms with Gasteiger partial charge >= 0.3 is 0 Å². The van der Waals surface area contributed by atoms with E-state index in [2.05, 4.69) is 38.1 Å². The van der Waals surface area contributed by atoms with Gasteiger partial charge < -0.3 is 0 Å². The number of rotatable bonds is 0. The molecule has 0 unspecified atom stereocenters. The fourth-order valence-electron chi connectivity index (χ4n) is 0.637. The molecule has 0 aromatic heterocycles. The third kappa shape index (κ3) is 2.69. The minimum atomic E-state index is 0. The van der Waals surface area contributed by atoms with E-state index >= 15 is 0 Å². The molecule has 0 atom stereocenters. The monoisotopic (exact) mass is 169 g/mol. The largest absolute Gasteiger partial charge is 0.0591 e. The van der Waals surface area contributed by atoms with E-state index in [4.69, 9.17) is 0 Å². The van der Waals surface area contributed by atoms with Crippen molar-refractivity contribution >= 4 is 0 Å². The van der Waals surface area contributed by atoms with Crippen LogP contribution in [0.1, 0.15) is 11.1 Å². The second kappa shape index (κ2) is 3.71. The molecule has 0 saturated carbocycles. The Hall–Kier alpha value is -0.261. The molecular weight excluding hydrogens is 160 g/mol. The van der Waals surface area contributed by atoms with Gasteiger partial charge in [-0.2, -0.15) is 0 Å². The summed E-state index contributed by atoms with van der Waals surface area (Å²) in [5.74, 6) is 0. The molecule has 0 heterocycles. The maximum absolute atomic E-state index is 2.12. The summed E-state index contributed by atoms with van der Waals surface area (Å²) >= 11 is 0. The van der Waals surface area contributed by atoms with Crippen molar-refractivity contribution < 1.29 is 17.1 Å². The summed E-state index contributed by atoms with van der Waals surface area (Å²) in [7, 11) is 0. The quantitative estimate of drug-likeness (QED) is 0.523. The van der Waals surface area contributed by atoms with Crippen molar-refractivity contribution in [2.75, 3.05) is 0 Å². The number of hydrogen-bond donors (Lipinski definition) is 0. The van der Waals surface area contributed by atoms with E-state index in [1.54, 1.807) is 0 Å². The molecule has 0 saturated heterocycles. The molecule has 0 N–H and O–H groups in total. The Balaban J connectivity index is 0.000000640. The smallest absolute Gasteiger partial charge is 0 e. The molecule has 53 valence electrons. The molecule has 1 aromatic rings. The van der Waals surface area contributed by atoms with Gasteiger partial charge in [-0.1, -0.05) is 35.4 Å². The molecule has 1 heteroatoms. The fraction of sp³-hybridized carbons (Fsp3) is 0.250. The third-order valence-electron chi connectivity index (χ3n) is 1.22. The Kier molecular flexibility index (Phi) is 3.60. The molecule has 0 aliphatic carbocycles. The zero-order valence-corrected chi connectivity index (χ0v) is 6.55. The van der Waals surface area contributed by atoms with Crippen LogP contribution < -0.4 is 0 Å². The second-order valence-electron chi connectivity index (χ2n) is 2.15. The van der Waals surface area contributed by atoms with Crippen molar-refractivity contribution in [3.8, 4) is 0 Å². The average molecular weight is 170 g/mol. The van der Waals surface area contributed by atoms with E-state index in [9.17, 15) is 0 Å². The Bertz CT molecular complexity index is 143. The van der Waals surface area contributed by atoms with Gasteiger partial charge in [-0.15, -0.1) is 0 Å². The van der Waals surface area contributed by atoms with Crippen LogP contribution in [0, 0.1) is 13.8 Å². The molecule has 0 spiro atoms. The van der Waals surface area contributed by atoms with Crippen LogP contribution in [0.5, 0.6) is 0 Å². The van der Waals surface area contributed by atoms with E-state index < -0.39 is 0 Å². The van der Waals surface area contributed by atoms with Crippen LogP contribution in [-0.2, 0) is 17.1 Å². The van der Waals surface area contributed by atoms with E-state index in [-0.39, 0.29) is 17.1 Å². The van der Waals surface area contributed by atoms with Crippen LogP contribution in [0.2, 0.25) is 0 Å². The fourth-order valence-corrected chi connectivity index (χ4v) is 0.637. The first-order valence-electron chi connectivity index (χ1n) is 2.82. The van der Waals surface area contributed by atoms with Crippen molar-refractivity contribution in [1.29, 1.82) is 0 Å². The van der Waals surface area contributed by atoms with E-state index in [1.165, 1.54) is 11.1 Å². The zero-order chi connectivity index (χ0) is 5.98. The van der Waals surface area contributed by atoms with E-state index in [1.807, 2.05) is 0 Å². The van der Waals surface area contributed by atoms with Crippen LogP contribution in [0.25, 0.3) is 0 Å². The first-order chi connectivity index (χ1) is 3.79. The Labute approximate surface area is 66.8 Å². The average Bonchev–Trinajstić information content (AvgIpc) is 1.77. The molecule has 0 aliphatic rings. The molecule has 0 aliphatic heterocycles. The van der Waals surface area contributed by atoms with Crippen LogP contribution in [-0.4, -0.2) is 0 Å². The predicted molar refractivity (Wildman–Crippen MR) is 35.9 cm³/mol. The molecule has 9 heavy (non-hydrogen) atoms. The van der Waals surface area contributed by atoms with Crippen molar-refractivity contribution in [3.63, 3.8) is 0 Å². The van der Waals surface area contributed by atoms with Crippen LogP contribution in [0.3, 0.4) is 0 Å². The summed E-state index contributed by atoms with van der Waals surface area (Å²) in [4.78, 5) is 0. The zero-order valence-electron chi connectivity index (χ0n) is 5.61. The first kappa shape index (κ1) is 8.74. The van der Waals surface area contributed by atoms with Crippen LogP contribution in [0.4, 0.5) is 0 Å². The maximum atomic E-state index is 2.12. The van der Waals surface area contributed by atoms with Gasteiger partial charge in [0.1, 0.15) is 0 Å². The number of benzene rings is 1. The standard InChI is InChI=1S/C8H10.Cu/c1-7-3-5-8(2)6-4-7;/h3-6H,1-2H3;. The molecular formula is C8H10Cu. The van der Waals surface area contributed by atoms with Crippen LogP contribution in [0.15, 0.2) is 24.3 Å². The minimum absolute atomic E-state index is 0. The SMILES string of the molecule is Cc1ccc(C)cc1.[Cu]. The first-order valence-corrected chi connectivity index (χ1v) is 2.82. The summed E-state index contributed by atoms with van der Waals surface area (Å²) in [6.07, 6.45) is 0. The second-order valence-corrected chi connectivity index (χ2v) is 2.15. The summed E-state index contributed by atoms with van der Waals surface area (Å²) in [6, 6.07) is 8.48. The predicted octanol–water partition coefficient (Wildman–Crippen LogP) is 2.30. The van der Waals surface area contributed by atoms with Crippen molar-refractivity contribution in [2.24, 2.45) is 0 Å². The third-order valence-corrected chi connectivity index (χ3v) is 1.22. The molecule has 0 nitrogen and oxygen atoms in total. The Morgan fingerprint density at radius 1 is 0.778 bits per heavy atom. The van der Waals surface area contributed by atoms with Gasteiger partial charge in [0.25, 0.3) is 0 Å². The molecule has 1 radical (unpaired) electrons.